The Hall–Kier alpha value is -4.73. The van der Waals surface area contributed by atoms with E-state index in [0.29, 0.717) is 28.4 Å². The number of fused-ring (bicyclic) bond motifs is 2. The molecule has 0 saturated heterocycles. The third-order valence-electron chi connectivity index (χ3n) is 5.68. The second-order valence-corrected chi connectivity index (χ2v) is 8.04. The Balaban J connectivity index is 1.85. The number of aldehydes is 1. The maximum atomic E-state index is 13.4. The van der Waals surface area contributed by atoms with Gasteiger partial charge < -0.3 is 14.7 Å². The zero-order valence-corrected chi connectivity index (χ0v) is 18.6. The van der Waals surface area contributed by atoms with E-state index in [4.69, 9.17) is 0 Å². The monoisotopic (exact) mass is 491 g/mol. The lowest BCUT2D eigenvalue weighted by molar-refractivity contribution is -0.274. The highest BCUT2D eigenvalue weighted by Crippen LogP contribution is 2.40. The molecule has 0 aliphatic carbocycles. The van der Waals surface area contributed by atoms with Gasteiger partial charge in [-0.05, 0) is 42.3 Å². The summed E-state index contributed by atoms with van der Waals surface area (Å²) >= 11 is 0. The molecule has 2 aromatic heterocycles. The van der Waals surface area contributed by atoms with Crippen molar-refractivity contribution in [2.45, 2.75) is 13.3 Å². The van der Waals surface area contributed by atoms with Crippen LogP contribution < -0.4 is 10.3 Å². The molecule has 3 aromatic carbocycles. The Bertz CT molecular complexity index is 1720. The highest BCUT2D eigenvalue weighted by atomic mass is 19.4. The average Bonchev–Trinajstić information content (AvgIpc) is 3.25. The summed E-state index contributed by atoms with van der Waals surface area (Å²) in [6.45, 7) is 1.22. The van der Waals surface area contributed by atoms with Gasteiger partial charge in [-0.2, -0.15) is 0 Å². The maximum Gasteiger partial charge on any atom is 0.573 e. The van der Waals surface area contributed by atoms with E-state index in [2.05, 4.69) is 19.7 Å². The van der Waals surface area contributed by atoms with Crippen LogP contribution in [0.25, 0.3) is 44.2 Å². The minimum atomic E-state index is -5.01. The van der Waals surface area contributed by atoms with Crippen molar-refractivity contribution >= 4 is 34.0 Å². The van der Waals surface area contributed by atoms with E-state index in [1.165, 1.54) is 25.1 Å². The average molecular weight is 491 g/mol. The van der Waals surface area contributed by atoms with E-state index in [0.717, 1.165) is 6.07 Å². The van der Waals surface area contributed by atoms with Gasteiger partial charge in [0.1, 0.15) is 5.75 Å². The Morgan fingerprint density at radius 1 is 0.972 bits per heavy atom. The number of pyridine rings is 1. The molecule has 0 aliphatic rings. The van der Waals surface area contributed by atoms with Gasteiger partial charge in [0.05, 0.1) is 16.6 Å². The first-order valence-electron chi connectivity index (χ1n) is 10.7. The molecular formula is C26H16F3N3O4. The molecule has 10 heteroatoms. The van der Waals surface area contributed by atoms with Gasteiger partial charge in [-0.15, -0.1) is 13.2 Å². The number of carbonyl (C=O) groups is 2. The number of ether oxygens (including phenoxy) is 1. The smallest absolute Gasteiger partial charge is 0.405 e. The number of H-pyrrole nitrogens is 2. The fourth-order valence-corrected chi connectivity index (χ4v) is 4.25. The van der Waals surface area contributed by atoms with Crippen molar-refractivity contribution in [1.29, 1.82) is 0 Å². The van der Waals surface area contributed by atoms with Crippen molar-refractivity contribution in [3.05, 3.63) is 82.4 Å². The molecule has 0 radical (unpaired) electrons. The summed E-state index contributed by atoms with van der Waals surface area (Å²) in [4.78, 5) is 45.8. The molecule has 0 fully saturated rings. The number of nitrogens with zero attached hydrogens (tertiary/aromatic N) is 1. The number of carbonyl (C=O) groups excluding carboxylic acids is 2. The van der Waals surface area contributed by atoms with Crippen LogP contribution in [0.15, 0.2) is 65.5 Å². The number of ketones is 1. The lowest BCUT2D eigenvalue weighted by Crippen LogP contribution is -2.19. The molecule has 7 nitrogen and oxygen atoms in total. The predicted octanol–water partition coefficient (Wildman–Crippen LogP) is 5.65. The predicted molar refractivity (Wildman–Crippen MR) is 127 cm³/mol. The molecule has 2 heterocycles. The first-order chi connectivity index (χ1) is 17.1. The second kappa shape index (κ2) is 8.49. The van der Waals surface area contributed by atoms with E-state index in [1.807, 2.05) is 0 Å². The molecular weight excluding hydrogens is 475 g/mol. The van der Waals surface area contributed by atoms with Gasteiger partial charge in [-0.3, -0.25) is 14.4 Å². The third-order valence-corrected chi connectivity index (χ3v) is 5.68. The van der Waals surface area contributed by atoms with Crippen LogP contribution in [0.4, 0.5) is 13.2 Å². The number of hydrogen-bond acceptors (Lipinski definition) is 5. The molecule has 0 bridgehead atoms. The Morgan fingerprint density at radius 3 is 2.39 bits per heavy atom. The largest absolute Gasteiger partial charge is 0.573 e. The van der Waals surface area contributed by atoms with Crippen LogP contribution in [-0.2, 0) is 0 Å². The quantitative estimate of drug-likeness (QED) is 0.244. The number of hydrogen-bond donors (Lipinski definition) is 2. The van der Waals surface area contributed by atoms with Gasteiger partial charge in [0, 0.05) is 22.0 Å². The maximum absolute atomic E-state index is 13.4. The lowest BCUT2D eigenvalue weighted by atomic mass is 9.92. The van der Waals surface area contributed by atoms with Crippen molar-refractivity contribution in [3.63, 3.8) is 0 Å². The topological polar surface area (TPSA) is 105 Å². The molecule has 0 aliphatic heterocycles. The SMILES string of the molecule is CC(=O)c1c(-c2ccccc2)c2cc(OC(F)(F)F)c(-c3ccc4nc(C=O)[nH]c4c3)cc2[nH]c1=O. The Morgan fingerprint density at radius 2 is 1.72 bits per heavy atom. The van der Waals surface area contributed by atoms with Gasteiger partial charge in [0.2, 0.25) is 0 Å². The summed E-state index contributed by atoms with van der Waals surface area (Å²) in [6.07, 6.45) is -4.49. The molecule has 5 rings (SSSR count). The van der Waals surface area contributed by atoms with E-state index in [1.54, 1.807) is 36.4 Å². The van der Waals surface area contributed by atoms with Gasteiger partial charge in [0.15, 0.2) is 17.9 Å². The second-order valence-electron chi connectivity index (χ2n) is 8.04. The van der Waals surface area contributed by atoms with Crippen molar-refractivity contribution < 1.29 is 27.5 Å². The molecule has 180 valence electrons. The number of benzene rings is 3. The number of Topliss-reactive ketones (excluding diaryl/α,β-unsaturated/α-hetero) is 1. The fourth-order valence-electron chi connectivity index (χ4n) is 4.25. The summed E-state index contributed by atoms with van der Waals surface area (Å²) < 4.78 is 44.7. The summed E-state index contributed by atoms with van der Waals surface area (Å²) in [6, 6.07) is 15.6. The Labute approximate surface area is 200 Å². The van der Waals surface area contributed by atoms with E-state index >= 15 is 0 Å². The van der Waals surface area contributed by atoms with Crippen LogP contribution in [-0.4, -0.2) is 33.4 Å². The van der Waals surface area contributed by atoms with Crippen molar-refractivity contribution in [2.24, 2.45) is 0 Å². The minimum absolute atomic E-state index is 0.0363. The summed E-state index contributed by atoms with van der Waals surface area (Å²) in [5.41, 5.74) is 1.32. The molecule has 0 spiro atoms. The molecule has 5 aromatic rings. The summed E-state index contributed by atoms with van der Waals surface area (Å²) in [5, 5.41) is 0.208. The Kier molecular flexibility index (Phi) is 5.43. The van der Waals surface area contributed by atoms with Gasteiger partial charge in [0.25, 0.3) is 5.56 Å². The van der Waals surface area contributed by atoms with Crippen LogP contribution in [0.2, 0.25) is 0 Å². The number of nitrogens with one attached hydrogen (secondary N) is 2. The molecule has 36 heavy (non-hydrogen) atoms. The van der Waals surface area contributed by atoms with Crippen LogP contribution in [0.5, 0.6) is 5.75 Å². The number of halogens is 3. The number of rotatable bonds is 5. The zero-order chi connectivity index (χ0) is 25.6. The minimum Gasteiger partial charge on any atom is -0.405 e. The van der Waals surface area contributed by atoms with E-state index in [-0.39, 0.29) is 33.4 Å². The lowest BCUT2D eigenvalue weighted by Gasteiger charge is -2.17. The first-order valence-corrected chi connectivity index (χ1v) is 10.7. The number of alkyl halides is 3. The molecule has 2 N–H and O–H groups in total. The standard InChI is InChI=1S/C26H16F3N3O4/c1-13(34)23-24(14-5-3-2-4-6-14)17-11-21(36-26(27,28)29)16(10-19(17)32-25(23)35)15-7-8-18-20(9-15)31-22(12-33)30-18/h2-12H,1H3,(H,30,31)(H,32,35). The highest BCUT2D eigenvalue weighted by Gasteiger charge is 2.33. The van der Waals surface area contributed by atoms with Gasteiger partial charge >= 0.3 is 6.36 Å². The van der Waals surface area contributed by atoms with Crippen LogP contribution in [0.3, 0.4) is 0 Å². The van der Waals surface area contributed by atoms with E-state index < -0.39 is 23.5 Å². The fraction of sp³-hybridized carbons (Fsp3) is 0.0769. The summed E-state index contributed by atoms with van der Waals surface area (Å²) in [5.74, 6) is -0.987. The first kappa shape index (κ1) is 23.0. The van der Waals surface area contributed by atoms with Gasteiger partial charge in [-0.1, -0.05) is 36.4 Å². The van der Waals surface area contributed by atoms with Crippen molar-refractivity contribution in [2.75, 3.05) is 0 Å². The number of aromatic amines is 2. The van der Waals surface area contributed by atoms with Crippen LogP contribution >= 0.6 is 0 Å². The molecule has 0 amide bonds. The highest BCUT2D eigenvalue weighted by molar-refractivity contribution is 6.09. The van der Waals surface area contributed by atoms with Crippen molar-refractivity contribution in [1.82, 2.24) is 15.0 Å². The van der Waals surface area contributed by atoms with Crippen LogP contribution in [0.1, 0.15) is 27.9 Å². The number of aromatic nitrogens is 3. The molecule has 0 unspecified atom stereocenters. The van der Waals surface area contributed by atoms with E-state index in [9.17, 15) is 27.6 Å². The van der Waals surface area contributed by atoms with Gasteiger partial charge in [-0.25, -0.2) is 4.98 Å². The third kappa shape index (κ3) is 4.13. The number of imidazole rings is 1. The molecule has 0 saturated carbocycles. The van der Waals surface area contributed by atoms with Crippen molar-refractivity contribution in [3.8, 4) is 28.0 Å². The normalized spacial score (nSPS) is 11.7. The zero-order valence-electron chi connectivity index (χ0n) is 18.6. The summed E-state index contributed by atoms with van der Waals surface area (Å²) in [7, 11) is 0. The molecule has 0 atom stereocenters. The van der Waals surface area contributed by atoms with Crippen LogP contribution in [0, 0.1) is 0 Å².